The number of esters is 1. The molecule has 0 amide bonds. The Bertz CT molecular complexity index is 1200. The van der Waals surface area contributed by atoms with Gasteiger partial charge in [-0.3, -0.25) is 4.72 Å². The lowest BCUT2D eigenvalue weighted by atomic mass is 10.00. The van der Waals surface area contributed by atoms with Crippen LogP contribution in [0.5, 0.6) is 0 Å². The first-order chi connectivity index (χ1) is 17.0. The van der Waals surface area contributed by atoms with E-state index in [1.807, 2.05) is 18.6 Å². The zero-order valence-corrected chi connectivity index (χ0v) is 21.5. The number of nitrogens with one attached hydrogen (secondary N) is 1. The zero-order chi connectivity index (χ0) is 26.3. The lowest BCUT2D eigenvalue weighted by Crippen LogP contribution is -2.31. The molecule has 0 atom stereocenters. The van der Waals surface area contributed by atoms with Crippen LogP contribution < -0.4 is 9.62 Å². The van der Waals surface area contributed by atoms with Gasteiger partial charge in [0.15, 0.2) is 5.75 Å². The summed E-state index contributed by atoms with van der Waals surface area (Å²) in [6.45, 7) is 5.66. The number of anilines is 2. The number of carbonyl (C=O) groups excluding carboxylic acids is 1. The van der Waals surface area contributed by atoms with Crippen molar-refractivity contribution in [3.8, 4) is 0 Å². The molecule has 1 aromatic carbocycles. The van der Waals surface area contributed by atoms with Gasteiger partial charge >= 0.3 is 12.1 Å². The first-order valence-corrected chi connectivity index (χ1v) is 13.9. The van der Waals surface area contributed by atoms with E-state index in [0.29, 0.717) is 19.4 Å². The Morgan fingerprint density at radius 3 is 2.69 bits per heavy atom. The van der Waals surface area contributed by atoms with E-state index in [-0.39, 0.29) is 28.1 Å². The molecule has 0 aliphatic carbocycles. The van der Waals surface area contributed by atoms with Gasteiger partial charge in [-0.2, -0.15) is 13.2 Å². The third-order valence-electron chi connectivity index (χ3n) is 5.09. The highest BCUT2D eigenvalue weighted by Crippen LogP contribution is 2.38. The van der Waals surface area contributed by atoms with Gasteiger partial charge in [0.2, 0.25) is 15.0 Å². The number of nitrogens with zero attached hydrogens (tertiary/aromatic N) is 5. The SMILES string of the molecule is CCCCOC(=O)c1nnc(N=Nc2cc3c(cc2NS(=O)(=O)CC(F)(F)F)N(CCC)CCC3)s1. The highest BCUT2D eigenvalue weighted by molar-refractivity contribution is 7.92. The summed E-state index contributed by atoms with van der Waals surface area (Å²) in [7, 11) is -4.75. The standard InChI is InChI=1S/C21H27F3N6O4S2/c1-3-5-10-34-19(31)18-26-28-20(35-18)27-25-15-11-14-7-6-9-30(8-4-2)17(14)12-16(15)29-36(32,33)13-21(22,23)24/h11-12,29H,3-10,13H2,1-2H3. The smallest absolute Gasteiger partial charge is 0.404 e. The molecule has 0 unspecified atom stereocenters. The molecule has 15 heteroatoms. The van der Waals surface area contributed by atoms with E-state index < -0.39 is 27.9 Å². The summed E-state index contributed by atoms with van der Waals surface area (Å²) >= 11 is 0.828. The zero-order valence-electron chi connectivity index (χ0n) is 19.8. The number of alkyl halides is 3. The van der Waals surface area contributed by atoms with Crippen LogP contribution in [0.1, 0.15) is 54.9 Å². The Morgan fingerprint density at radius 1 is 1.22 bits per heavy atom. The van der Waals surface area contributed by atoms with Crippen molar-refractivity contribution in [3.63, 3.8) is 0 Å². The van der Waals surface area contributed by atoms with E-state index in [1.165, 1.54) is 6.07 Å². The number of benzene rings is 1. The maximum absolute atomic E-state index is 12.8. The van der Waals surface area contributed by atoms with Gasteiger partial charge in [-0.05, 0) is 43.4 Å². The molecule has 0 saturated heterocycles. The number of ether oxygens (including phenoxy) is 1. The van der Waals surface area contributed by atoms with Crippen molar-refractivity contribution >= 4 is 49.5 Å². The van der Waals surface area contributed by atoms with Crippen molar-refractivity contribution < 1.29 is 31.1 Å². The van der Waals surface area contributed by atoms with Gasteiger partial charge in [0, 0.05) is 18.8 Å². The molecular formula is C21H27F3N6O4S2. The van der Waals surface area contributed by atoms with Crippen molar-refractivity contribution in [2.45, 2.75) is 52.1 Å². The summed E-state index contributed by atoms with van der Waals surface area (Å²) < 4.78 is 69.9. The van der Waals surface area contributed by atoms with Gasteiger partial charge < -0.3 is 9.64 Å². The summed E-state index contributed by atoms with van der Waals surface area (Å²) in [5.74, 6) is -2.68. The number of rotatable bonds is 11. The van der Waals surface area contributed by atoms with Crippen LogP contribution >= 0.6 is 11.3 Å². The van der Waals surface area contributed by atoms with Gasteiger partial charge in [-0.15, -0.1) is 20.4 Å². The molecule has 2 heterocycles. The molecule has 0 saturated carbocycles. The fraction of sp³-hybridized carbons (Fsp3) is 0.571. The second-order valence-corrected chi connectivity index (χ2v) is 10.8. The van der Waals surface area contributed by atoms with E-state index >= 15 is 0 Å². The molecular weight excluding hydrogens is 521 g/mol. The van der Waals surface area contributed by atoms with Crippen molar-refractivity contribution in [1.82, 2.24) is 10.2 Å². The van der Waals surface area contributed by atoms with Crippen LogP contribution in [-0.4, -0.2) is 56.2 Å². The number of hydrogen-bond donors (Lipinski definition) is 1. The number of sulfonamides is 1. The first-order valence-electron chi connectivity index (χ1n) is 11.4. The molecule has 2 aromatic rings. The summed E-state index contributed by atoms with van der Waals surface area (Å²) in [4.78, 5) is 14.1. The van der Waals surface area contributed by atoms with Crippen LogP contribution in [0.4, 0.5) is 35.4 Å². The molecule has 1 aliphatic rings. The summed E-state index contributed by atoms with van der Waals surface area (Å²) in [6, 6.07) is 3.09. The van der Waals surface area contributed by atoms with Crippen LogP contribution in [0.15, 0.2) is 22.4 Å². The molecule has 1 N–H and O–H groups in total. The molecule has 36 heavy (non-hydrogen) atoms. The highest BCUT2D eigenvalue weighted by atomic mass is 32.2. The van der Waals surface area contributed by atoms with Crippen molar-refractivity contribution in [2.75, 3.05) is 35.1 Å². The van der Waals surface area contributed by atoms with Gasteiger partial charge in [0.05, 0.1) is 12.3 Å². The van der Waals surface area contributed by atoms with E-state index in [1.54, 1.807) is 6.07 Å². The lowest BCUT2D eigenvalue weighted by Gasteiger charge is -2.32. The molecule has 0 spiro atoms. The number of aromatic nitrogens is 2. The summed E-state index contributed by atoms with van der Waals surface area (Å²) in [5.41, 5.74) is 1.51. The van der Waals surface area contributed by atoms with E-state index in [4.69, 9.17) is 4.74 Å². The number of hydrogen-bond acceptors (Lipinski definition) is 10. The molecule has 1 aromatic heterocycles. The predicted molar refractivity (Wildman–Crippen MR) is 130 cm³/mol. The van der Waals surface area contributed by atoms with Gasteiger partial charge in [0.1, 0.15) is 5.69 Å². The summed E-state index contributed by atoms with van der Waals surface area (Å²) in [6.07, 6.45) is -0.948. The largest absolute Gasteiger partial charge is 0.460 e. The van der Waals surface area contributed by atoms with Gasteiger partial charge in [-0.25, -0.2) is 13.2 Å². The topological polar surface area (TPSA) is 126 Å². The molecule has 0 bridgehead atoms. The Morgan fingerprint density at radius 2 is 2.00 bits per heavy atom. The maximum atomic E-state index is 12.8. The van der Waals surface area contributed by atoms with E-state index in [9.17, 15) is 26.4 Å². The van der Waals surface area contributed by atoms with E-state index in [2.05, 4.69) is 25.3 Å². The second kappa shape index (κ2) is 12.0. The third-order valence-corrected chi connectivity index (χ3v) is 7.11. The van der Waals surface area contributed by atoms with Crippen LogP contribution in [0.2, 0.25) is 0 Å². The average Bonchev–Trinajstić information content (AvgIpc) is 3.26. The molecule has 10 nitrogen and oxygen atoms in total. The number of halogens is 3. The van der Waals surface area contributed by atoms with Gasteiger partial charge in [0.25, 0.3) is 5.13 Å². The number of azo groups is 1. The number of aryl methyl sites for hydroxylation is 1. The minimum Gasteiger partial charge on any atom is -0.460 e. The third kappa shape index (κ3) is 7.85. The Kier molecular flexibility index (Phi) is 9.22. The molecule has 0 fully saturated rings. The molecule has 1 aliphatic heterocycles. The number of unbranched alkanes of at least 4 members (excludes halogenated alkanes) is 1. The lowest BCUT2D eigenvalue weighted by molar-refractivity contribution is -0.106. The highest BCUT2D eigenvalue weighted by Gasteiger charge is 2.35. The second-order valence-electron chi connectivity index (χ2n) is 8.14. The first kappa shape index (κ1) is 27.8. The normalized spacial score (nSPS) is 14.2. The molecule has 198 valence electrons. The molecule has 0 radical (unpaired) electrons. The predicted octanol–water partition coefficient (Wildman–Crippen LogP) is 5.38. The number of fused-ring (bicyclic) bond motifs is 1. The van der Waals surface area contributed by atoms with Crippen LogP contribution in [0, 0.1) is 0 Å². The number of carbonyl (C=O) groups is 1. The van der Waals surface area contributed by atoms with Crippen molar-refractivity contribution in [1.29, 1.82) is 0 Å². The fourth-order valence-electron chi connectivity index (χ4n) is 3.59. The van der Waals surface area contributed by atoms with Crippen LogP contribution in [0.3, 0.4) is 0 Å². The maximum Gasteiger partial charge on any atom is 0.404 e. The van der Waals surface area contributed by atoms with Crippen LogP contribution in [-0.2, 0) is 21.2 Å². The Balaban J connectivity index is 1.91. The van der Waals surface area contributed by atoms with Crippen LogP contribution in [0.25, 0.3) is 0 Å². The summed E-state index contributed by atoms with van der Waals surface area (Å²) in [5, 5.41) is 15.5. The average molecular weight is 549 g/mol. The van der Waals surface area contributed by atoms with Crippen molar-refractivity contribution in [2.24, 2.45) is 10.2 Å². The van der Waals surface area contributed by atoms with E-state index in [0.717, 1.165) is 48.4 Å². The van der Waals surface area contributed by atoms with Gasteiger partial charge in [-0.1, -0.05) is 31.6 Å². The minimum atomic E-state index is -4.91. The van der Waals surface area contributed by atoms with Crippen molar-refractivity contribution in [3.05, 3.63) is 22.7 Å². The molecule has 3 rings (SSSR count). The minimum absolute atomic E-state index is 0.00636. The Hall–Kier alpha value is -2.81. The quantitative estimate of drug-likeness (QED) is 0.227. The monoisotopic (exact) mass is 548 g/mol. The Labute approximate surface area is 211 Å². The fourth-order valence-corrected chi connectivity index (χ4v) is 5.15.